The van der Waals surface area contributed by atoms with E-state index >= 15 is 0 Å². The lowest BCUT2D eigenvalue weighted by molar-refractivity contribution is -0.156. The van der Waals surface area contributed by atoms with Crippen LogP contribution in [0.2, 0.25) is 0 Å². The average molecular weight is 385 g/mol. The van der Waals surface area contributed by atoms with Gasteiger partial charge in [0.15, 0.2) is 5.60 Å². The summed E-state index contributed by atoms with van der Waals surface area (Å²) in [6.07, 6.45) is 1.66. The van der Waals surface area contributed by atoms with Crippen LogP contribution in [0.3, 0.4) is 0 Å². The molecule has 0 bridgehead atoms. The van der Waals surface area contributed by atoms with Crippen LogP contribution in [0.4, 0.5) is 5.69 Å². The zero-order valence-electron chi connectivity index (χ0n) is 16.2. The number of amides is 1. The van der Waals surface area contributed by atoms with Crippen molar-refractivity contribution in [3.8, 4) is 5.75 Å². The Balaban J connectivity index is 1.81. The Morgan fingerprint density at radius 2 is 1.59 bits per heavy atom. The van der Waals surface area contributed by atoms with Crippen molar-refractivity contribution in [2.75, 3.05) is 12.0 Å². The quantitative estimate of drug-likeness (QED) is 0.503. The molecule has 0 aliphatic carbocycles. The van der Waals surface area contributed by atoms with Crippen LogP contribution < -0.4 is 9.64 Å². The van der Waals surface area contributed by atoms with Crippen LogP contribution in [0, 0.1) is 0 Å². The van der Waals surface area contributed by atoms with E-state index in [1.165, 1.54) is 0 Å². The first kappa shape index (κ1) is 19.0. The van der Waals surface area contributed by atoms with E-state index in [9.17, 15) is 9.90 Å². The van der Waals surface area contributed by atoms with E-state index in [1.807, 2.05) is 84.9 Å². The summed E-state index contributed by atoms with van der Waals surface area (Å²) in [4.78, 5) is 15.0. The predicted octanol–water partition coefficient (Wildman–Crippen LogP) is 4.48. The van der Waals surface area contributed by atoms with Gasteiger partial charge in [-0.1, -0.05) is 66.7 Å². The van der Waals surface area contributed by atoms with Gasteiger partial charge in [0.05, 0.1) is 7.11 Å². The van der Waals surface area contributed by atoms with Gasteiger partial charge in [0.2, 0.25) is 0 Å². The molecule has 0 spiro atoms. The summed E-state index contributed by atoms with van der Waals surface area (Å²) in [6, 6.07) is 25.9. The molecule has 0 aromatic heterocycles. The maximum Gasteiger partial charge on any atom is 0.263 e. The van der Waals surface area contributed by atoms with E-state index in [1.54, 1.807) is 18.1 Å². The predicted molar refractivity (Wildman–Crippen MR) is 114 cm³/mol. The second-order valence-electron chi connectivity index (χ2n) is 7.14. The van der Waals surface area contributed by atoms with E-state index in [-0.39, 0.29) is 5.91 Å². The van der Waals surface area contributed by atoms with Crippen molar-refractivity contribution in [1.29, 1.82) is 0 Å². The lowest BCUT2D eigenvalue weighted by Crippen LogP contribution is -2.71. The summed E-state index contributed by atoms with van der Waals surface area (Å²) in [7, 11) is 1.60. The standard InChI is InChI=1S/C25H23NO3/c1-3-22(18-10-6-4-7-11-18)25(28)23(19-12-8-5-9-13-19)26(24(25)27)20-14-16-21(29-2)17-15-20/h3-17,22-23,28H,1H2,2H3/t22-,23-,25+/m0/s1. The zero-order chi connectivity index (χ0) is 20.4. The Hall–Kier alpha value is -3.37. The normalized spacial score (nSPS) is 21.9. The number of carbonyl (C=O) groups is 1. The molecule has 0 radical (unpaired) electrons. The Labute approximate surface area is 170 Å². The second-order valence-corrected chi connectivity index (χ2v) is 7.14. The molecular weight excluding hydrogens is 362 g/mol. The van der Waals surface area contributed by atoms with Crippen LogP contribution in [-0.4, -0.2) is 23.7 Å². The fraction of sp³-hybridized carbons (Fsp3) is 0.160. The number of aliphatic hydroxyl groups is 1. The smallest absolute Gasteiger partial charge is 0.263 e. The van der Waals surface area contributed by atoms with Crippen molar-refractivity contribution in [1.82, 2.24) is 0 Å². The molecule has 3 atom stereocenters. The fourth-order valence-corrected chi connectivity index (χ4v) is 4.14. The van der Waals surface area contributed by atoms with Crippen LogP contribution in [0.15, 0.2) is 97.6 Å². The Bertz CT molecular complexity index is 1000. The molecule has 0 saturated carbocycles. The van der Waals surface area contributed by atoms with Crippen molar-refractivity contribution in [3.05, 3.63) is 109 Å². The molecule has 1 aliphatic heterocycles. The third kappa shape index (κ3) is 3.02. The zero-order valence-corrected chi connectivity index (χ0v) is 16.2. The van der Waals surface area contributed by atoms with Gasteiger partial charge in [0, 0.05) is 11.6 Å². The summed E-state index contributed by atoms with van der Waals surface area (Å²) in [5.41, 5.74) is 0.816. The van der Waals surface area contributed by atoms with Gasteiger partial charge in [0.1, 0.15) is 11.8 Å². The first-order valence-electron chi connectivity index (χ1n) is 9.53. The second kappa shape index (κ2) is 7.57. The molecule has 4 nitrogen and oxygen atoms in total. The molecule has 1 fully saturated rings. The molecule has 1 heterocycles. The van der Waals surface area contributed by atoms with Gasteiger partial charge in [-0.2, -0.15) is 0 Å². The van der Waals surface area contributed by atoms with Gasteiger partial charge in [0.25, 0.3) is 5.91 Å². The SMILES string of the molecule is C=C[C@@H](c1ccccc1)[C@]1(O)C(=O)N(c2ccc(OC)cc2)[C@H]1c1ccccc1. The summed E-state index contributed by atoms with van der Waals surface area (Å²) in [5, 5.41) is 11.8. The van der Waals surface area contributed by atoms with Crippen LogP contribution in [0.5, 0.6) is 5.75 Å². The Morgan fingerprint density at radius 1 is 1.00 bits per heavy atom. The number of nitrogens with zero attached hydrogens (tertiary/aromatic N) is 1. The van der Waals surface area contributed by atoms with Crippen molar-refractivity contribution in [3.63, 3.8) is 0 Å². The minimum absolute atomic E-state index is 0.342. The average Bonchev–Trinajstić information content (AvgIpc) is 2.78. The Morgan fingerprint density at radius 3 is 2.14 bits per heavy atom. The highest BCUT2D eigenvalue weighted by molar-refractivity contribution is 6.09. The molecular formula is C25H23NO3. The lowest BCUT2D eigenvalue weighted by atomic mass is 9.67. The maximum atomic E-state index is 13.4. The number of hydrogen-bond donors (Lipinski definition) is 1. The third-order valence-corrected chi connectivity index (χ3v) is 5.57. The fourth-order valence-electron chi connectivity index (χ4n) is 4.14. The molecule has 29 heavy (non-hydrogen) atoms. The summed E-state index contributed by atoms with van der Waals surface area (Å²) >= 11 is 0. The minimum Gasteiger partial charge on any atom is -0.497 e. The molecule has 146 valence electrons. The number of hydrogen-bond acceptors (Lipinski definition) is 3. The van der Waals surface area contributed by atoms with Crippen molar-refractivity contribution < 1.29 is 14.6 Å². The molecule has 3 aromatic carbocycles. The molecule has 0 unspecified atom stereocenters. The summed E-state index contributed by atoms with van der Waals surface area (Å²) in [5.74, 6) is -0.164. The maximum absolute atomic E-state index is 13.4. The first-order chi connectivity index (χ1) is 14.1. The molecule has 1 amide bonds. The number of methoxy groups -OCH3 is 1. The molecule has 1 saturated heterocycles. The number of anilines is 1. The van der Waals surface area contributed by atoms with E-state index in [0.717, 1.165) is 11.1 Å². The van der Waals surface area contributed by atoms with E-state index in [0.29, 0.717) is 11.4 Å². The highest BCUT2D eigenvalue weighted by Gasteiger charge is 2.64. The van der Waals surface area contributed by atoms with Crippen molar-refractivity contribution in [2.45, 2.75) is 17.6 Å². The first-order valence-corrected chi connectivity index (χ1v) is 9.53. The van der Waals surface area contributed by atoms with E-state index in [4.69, 9.17) is 4.74 Å². The number of ether oxygens (including phenoxy) is 1. The molecule has 4 heteroatoms. The summed E-state index contributed by atoms with van der Waals surface area (Å²) < 4.78 is 5.23. The minimum atomic E-state index is -1.62. The van der Waals surface area contributed by atoms with E-state index < -0.39 is 17.6 Å². The molecule has 4 rings (SSSR count). The third-order valence-electron chi connectivity index (χ3n) is 5.57. The van der Waals surface area contributed by atoms with Crippen LogP contribution >= 0.6 is 0 Å². The van der Waals surface area contributed by atoms with Gasteiger partial charge in [-0.25, -0.2) is 0 Å². The highest BCUT2D eigenvalue weighted by Crippen LogP contribution is 2.53. The van der Waals surface area contributed by atoms with Gasteiger partial charge in [-0.15, -0.1) is 6.58 Å². The van der Waals surface area contributed by atoms with Crippen molar-refractivity contribution >= 4 is 11.6 Å². The number of benzene rings is 3. The van der Waals surface area contributed by atoms with Gasteiger partial charge >= 0.3 is 0 Å². The summed E-state index contributed by atoms with van der Waals surface area (Å²) in [6.45, 7) is 3.92. The van der Waals surface area contributed by atoms with Crippen molar-refractivity contribution in [2.24, 2.45) is 0 Å². The van der Waals surface area contributed by atoms with Gasteiger partial charge < -0.3 is 9.84 Å². The molecule has 1 N–H and O–H groups in total. The van der Waals surface area contributed by atoms with Gasteiger partial charge in [-0.05, 0) is 35.4 Å². The van der Waals surface area contributed by atoms with Crippen LogP contribution in [-0.2, 0) is 4.79 Å². The largest absolute Gasteiger partial charge is 0.497 e. The number of rotatable bonds is 6. The number of carbonyl (C=O) groups excluding carboxylic acids is 1. The van der Waals surface area contributed by atoms with Crippen LogP contribution in [0.1, 0.15) is 23.1 Å². The molecule has 1 aliphatic rings. The monoisotopic (exact) mass is 385 g/mol. The molecule has 3 aromatic rings. The highest BCUT2D eigenvalue weighted by atomic mass is 16.5. The van der Waals surface area contributed by atoms with Crippen LogP contribution in [0.25, 0.3) is 0 Å². The lowest BCUT2D eigenvalue weighted by Gasteiger charge is -2.55. The number of β-lactam (4-membered cyclic amide) rings is 1. The Kier molecular flexibility index (Phi) is 4.95. The van der Waals surface area contributed by atoms with Gasteiger partial charge in [-0.3, -0.25) is 9.69 Å². The van der Waals surface area contributed by atoms with E-state index in [2.05, 4.69) is 6.58 Å². The topological polar surface area (TPSA) is 49.8 Å².